The largest absolute Gasteiger partial charge is 0.397 e. The normalized spacial score (nSPS) is 18.4. The van der Waals surface area contributed by atoms with E-state index in [0.717, 1.165) is 31.7 Å². The van der Waals surface area contributed by atoms with Crippen molar-refractivity contribution in [2.24, 2.45) is 0 Å². The number of rotatable bonds is 2. The number of ether oxygens (including phenoxy) is 1. The highest BCUT2D eigenvalue weighted by Gasteiger charge is 2.27. The first-order valence-corrected chi connectivity index (χ1v) is 5.78. The Morgan fingerprint density at radius 1 is 1.41 bits per heavy atom. The Bertz CT molecular complexity index is 444. The van der Waals surface area contributed by atoms with Gasteiger partial charge in [0, 0.05) is 18.8 Å². The Morgan fingerprint density at radius 3 is 2.71 bits per heavy atom. The number of hydrogen-bond donors (Lipinski definition) is 2. The van der Waals surface area contributed by atoms with E-state index in [1.165, 1.54) is 0 Å². The molecule has 0 saturated carbocycles. The lowest BCUT2D eigenvalue weighted by Crippen LogP contribution is -2.40. The van der Waals surface area contributed by atoms with Crippen LogP contribution in [0.5, 0.6) is 0 Å². The first kappa shape index (κ1) is 11.7. The molecule has 90 valence electrons. The van der Waals surface area contributed by atoms with Gasteiger partial charge in [0.25, 0.3) is 0 Å². The molecule has 0 unspecified atom stereocenters. The highest BCUT2D eigenvalue weighted by atomic mass is 16.5. The Morgan fingerprint density at radius 2 is 2.12 bits per heavy atom. The molecule has 0 aliphatic carbocycles. The summed E-state index contributed by atoms with van der Waals surface area (Å²) in [5, 5.41) is 12.2. The zero-order chi connectivity index (χ0) is 12.3. The fourth-order valence-corrected chi connectivity index (χ4v) is 2.02. The monoisotopic (exact) mass is 231 g/mol. The molecule has 17 heavy (non-hydrogen) atoms. The standard InChI is InChI=1S/C13H17N3O/c1-13(4-6-17-7-5-13)16-12-3-2-10(9-14)8-11(12)15/h2-3,8,16H,4-7,15H2,1H3. The van der Waals surface area contributed by atoms with Gasteiger partial charge in [0.05, 0.1) is 23.0 Å². The minimum absolute atomic E-state index is 0.0283. The van der Waals surface area contributed by atoms with E-state index in [4.69, 9.17) is 15.7 Å². The lowest BCUT2D eigenvalue weighted by molar-refractivity contribution is 0.0658. The number of nitrogens with two attached hydrogens (primary N) is 1. The summed E-state index contributed by atoms with van der Waals surface area (Å²) < 4.78 is 5.36. The molecule has 1 heterocycles. The second-order valence-electron chi connectivity index (χ2n) is 4.71. The molecule has 0 spiro atoms. The van der Waals surface area contributed by atoms with Gasteiger partial charge in [0.2, 0.25) is 0 Å². The van der Waals surface area contributed by atoms with E-state index in [-0.39, 0.29) is 5.54 Å². The average Bonchev–Trinajstić information content (AvgIpc) is 2.32. The first-order chi connectivity index (χ1) is 8.13. The third-order valence-corrected chi connectivity index (χ3v) is 3.21. The number of nitrogens with zero attached hydrogens (tertiary/aromatic N) is 1. The smallest absolute Gasteiger partial charge is 0.0992 e. The van der Waals surface area contributed by atoms with Crippen LogP contribution in [0.3, 0.4) is 0 Å². The van der Waals surface area contributed by atoms with Crippen molar-refractivity contribution in [2.75, 3.05) is 24.3 Å². The summed E-state index contributed by atoms with van der Waals surface area (Å²) in [5.74, 6) is 0. The molecule has 1 aliphatic heterocycles. The Hall–Kier alpha value is -1.73. The van der Waals surface area contributed by atoms with Crippen LogP contribution in [0, 0.1) is 11.3 Å². The number of nitrogens with one attached hydrogen (secondary N) is 1. The fourth-order valence-electron chi connectivity index (χ4n) is 2.02. The summed E-state index contributed by atoms with van der Waals surface area (Å²) in [6, 6.07) is 7.43. The van der Waals surface area contributed by atoms with Crippen molar-refractivity contribution in [3.05, 3.63) is 23.8 Å². The van der Waals surface area contributed by atoms with Crippen LogP contribution in [0.2, 0.25) is 0 Å². The van der Waals surface area contributed by atoms with Crippen molar-refractivity contribution in [3.8, 4) is 6.07 Å². The highest BCUT2D eigenvalue weighted by molar-refractivity contribution is 5.69. The number of nitriles is 1. The van der Waals surface area contributed by atoms with Crippen molar-refractivity contribution in [1.82, 2.24) is 0 Å². The van der Waals surface area contributed by atoms with Crippen LogP contribution >= 0.6 is 0 Å². The third kappa shape index (κ3) is 2.69. The van der Waals surface area contributed by atoms with E-state index in [1.54, 1.807) is 12.1 Å². The van der Waals surface area contributed by atoms with Crippen LogP contribution in [0.25, 0.3) is 0 Å². The van der Waals surface area contributed by atoms with Crippen LogP contribution < -0.4 is 11.1 Å². The third-order valence-electron chi connectivity index (χ3n) is 3.21. The minimum atomic E-state index is 0.0283. The van der Waals surface area contributed by atoms with Gasteiger partial charge in [0.15, 0.2) is 0 Å². The molecule has 1 fully saturated rings. The second-order valence-corrected chi connectivity index (χ2v) is 4.71. The number of anilines is 2. The zero-order valence-electron chi connectivity index (χ0n) is 9.99. The van der Waals surface area contributed by atoms with Gasteiger partial charge in [0.1, 0.15) is 0 Å². The lowest BCUT2D eigenvalue weighted by Gasteiger charge is -2.35. The zero-order valence-corrected chi connectivity index (χ0v) is 9.99. The maximum atomic E-state index is 8.78. The molecule has 2 rings (SSSR count). The van der Waals surface area contributed by atoms with Crippen LogP contribution in [-0.2, 0) is 4.74 Å². The minimum Gasteiger partial charge on any atom is -0.397 e. The van der Waals surface area contributed by atoms with E-state index >= 15 is 0 Å². The predicted molar refractivity (Wildman–Crippen MR) is 67.7 cm³/mol. The Labute approximate surface area is 101 Å². The SMILES string of the molecule is CC1(Nc2ccc(C#N)cc2N)CCOCC1. The van der Waals surface area contributed by atoms with Crippen LogP contribution in [-0.4, -0.2) is 18.8 Å². The first-order valence-electron chi connectivity index (χ1n) is 5.78. The molecule has 3 N–H and O–H groups in total. The molecule has 0 aromatic heterocycles. The van der Waals surface area contributed by atoms with E-state index in [9.17, 15) is 0 Å². The van der Waals surface area contributed by atoms with E-state index in [0.29, 0.717) is 11.3 Å². The van der Waals surface area contributed by atoms with Gasteiger partial charge in [-0.15, -0.1) is 0 Å². The van der Waals surface area contributed by atoms with Crippen LogP contribution in [0.15, 0.2) is 18.2 Å². The van der Waals surface area contributed by atoms with Crippen molar-refractivity contribution >= 4 is 11.4 Å². The summed E-state index contributed by atoms with van der Waals surface area (Å²) in [5.41, 5.74) is 8.06. The highest BCUT2D eigenvalue weighted by Crippen LogP contribution is 2.29. The van der Waals surface area contributed by atoms with Gasteiger partial charge in [-0.1, -0.05) is 0 Å². The van der Waals surface area contributed by atoms with Crippen molar-refractivity contribution in [2.45, 2.75) is 25.3 Å². The molecule has 0 amide bonds. The number of benzene rings is 1. The topological polar surface area (TPSA) is 71.1 Å². The molecule has 0 bridgehead atoms. The van der Waals surface area contributed by atoms with E-state index in [2.05, 4.69) is 18.3 Å². The van der Waals surface area contributed by atoms with Crippen LogP contribution in [0.4, 0.5) is 11.4 Å². The van der Waals surface area contributed by atoms with Crippen molar-refractivity contribution in [3.63, 3.8) is 0 Å². The lowest BCUT2D eigenvalue weighted by atomic mass is 9.92. The molecule has 4 nitrogen and oxygen atoms in total. The Balaban J connectivity index is 2.15. The van der Waals surface area contributed by atoms with Gasteiger partial charge in [-0.25, -0.2) is 0 Å². The Kier molecular flexibility index (Phi) is 3.21. The molecule has 0 radical (unpaired) electrons. The average molecular weight is 231 g/mol. The number of nitrogen functional groups attached to an aromatic ring is 1. The quantitative estimate of drug-likeness (QED) is 0.765. The summed E-state index contributed by atoms with van der Waals surface area (Å²) >= 11 is 0. The summed E-state index contributed by atoms with van der Waals surface area (Å²) in [7, 11) is 0. The van der Waals surface area contributed by atoms with E-state index in [1.807, 2.05) is 6.07 Å². The maximum absolute atomic E-state index is 8.78. The molecular weight excluding hydrogens is 214 g/mol. The molecule has 4 heteroatoms. The van der Waals surface area contributed by atoms with Crippen LogP contribution in [0.1, 0.15) is 25.3 Å². The second kappa shape index (κ2) is 4.64. The molecule has 1 aliphatic rings. The molecule has 1 saturated heterocycles. The van der Waals surface area contributed by atoms with Gasteiger partial charge >= 0.3 is 0 Å². The van der Waals surface area contributed by atoms with Crippen molar-refractivity contribution in [1.29, 1.82) is 5.26 Å². The van der Waals surface area contributed by atoms with Gasteiger partial charge in [-0.05, 0) is 38.0 Å². The summed E-state index contributed by atoms with van der Waals surface area (Å²) in [6.07, 6.45) is 1.93. The fraction of sp³-hybridized carbons (Fsp3) is 0.462. The maximum Gasteiger partial charge on any atom is 0.0992 e. The predicted octanol–water partition coefficient (Wildman–Crippen LogP) is 2.12. The van der Waals surface area contributed by atoms with Gasteiger partial charge in [-0.3, -0.25) is 0 Å². The molecule has 0 atom stereocenters. The summed E-state index contributed by atoms with van der Waals surface area (Å²) in [4.78, 5) is 0. The van der Waals surface area contributed by atoms with E-state index < -0.39 is 0 Å². The van der Waals surface area contributed by atoms with Gasteiger partial charge < -0.3 is 15.8 Å². The molecular formula is C13H17N3O. The summed E-state index contributed by atoms with van der Waals surface area (Å²) in [6.45, 7) is 3.73. The van der Waals surface area contributed by atoms with Crippen molar-refractivity contribution < 1.29 is 4.74 Å². The number of hydrogen-bond acceptors (Lipinski definition) is 4. The molecule has 1 aromatic carbocycles. The molecule has 1 aromatic rings. The van der Waals surface area contributed by atoms with Gasteiger partial charge in [-0.2, -0.15) is 5.26 Å².